The van der Waals surface area contributed by atoms with Gasteiger partial charge in [0, 0.05) is 22.0 Å². The molecule has 296 valence electrons. The fourth-order valence-electron chi connectivity index (χ4n) is 5.99. The second-order valence-electron chi connectivity index (χ2n) is 12.3. The van der Waals surface area contributed by atoms with Gasteiger partial charge in [-0.2, -0.15) is 5.11 Å². The van der Waals surface area contributed by atoms with E-state index in [-0.39, 0.29) is 139 Å². The number of benzene rings is 6. The van der Waals surface area contributed by atoms with Crippen LogP contribution >= 0.6 is 0 Å². The monoisotopic (exact) mass is 904 g/mol. The standard InChI is InChI=1S/C35H30N6O13S3.3Na/c1-16-11-27(55(45,46)47)20-5-9-24(34(43)30(20)32(16)36)40-38-22-7-3-17(12-19(22)15-42)18-4-8-23(26(13-18)54-2)39-41-25-10-6-21-28(56(48,49)50)14-29(57(51,52)53)33(37)31(21)35(25)44;;;/h3-14,42-44H,15,36-37H2,1-2H3,(H,45,46,47)(H,48,49,50)(H,51,52,53);;;/q;3*+1/p-3. The van der Waals surface area contributed by atoms with Gasteiger partial charge in [0.15, 0.2) is 11.5 Å². The second-order valence-corrected chi connectivity index (χ2v) is 16.3. The number of phenolic OH excluding ortho intramolecular Hbond substituents is 2. The van der Waals surface area contributed by atoms with E-state index in [4.69, 9.17) is 16.2 Å². The molecular weight excluding hydrogens is 878 g/mol. The number of aliphatic hydroxyl groups is 1. The van der Waals surface area contributed by atoms with E-state index in [2.05, 4.69) is 20.5 Å². The van der Waals surface area contributed by atoms with Gasteiger partial charge in [-0.3, -0.25) is 0 Å². The van der Waals surface area contributed by atoms with Gasteiger partial charge in [-0.05, 0) is 72.1 Å². The van der Waals surface area contributed by atoms with Crippen molar-refractivity contribution in [1.82, 2.24) is 0 Å². The normalized spacial score (nSPS) is 12.0. The number of azo groups is 2. The van der Waals surface area contributed by atoms with Gasteiger partial charge in [-0.15, -0.1) is 15.3 Å². The number of anilines is 2. The van der Waals surface area contributed by atoms with Gasteiger partial charge in [0.25, 0.3) is 0 Å². The number of aromatic hydroxyl groups is 2. The van der Waals surface area contributed by atoms with Gasteiger partial charge in [0.2, 0.25) is 0 Å². The molecule has 0 fully saturated rings. The fraction of sp³-hybridized carbons (Fsp3) is 0.0857. The quantitative estimate of drug-likeness (QED) is 0.0387. The van der Waals surface area contributed by atoms with E-state index in [9.17, 15) is 54.2 Å². The van der Waals surface area contributed by atoms with Crippen LogP contribution in [-0.2, 0) is 37.0 Å². The Labute approximate surface area is 408 Å². The number of methoxy groups -OCH3 is 1. The maximum atomic E-state index is 11.9. The molecule has 19 nitrogen and oxygen atoms in total. The van der Waals surface area contributed by atoms with Crippen molar-refractivity contribution in [2.45, 2.75) is 28.2 Å². The average Bonchev–Trinajstić information content (AvgIpc) is 3.14. The molecule has 6 aromatic carbocycles. The zero-order valence-electron chi connectivity index (χ0n) is 32.2. The first kappa shape index (κ1) is 51.1. The van der Waals surface area contributed by atoms with E-state index >= 15 is 0 Å². The largest absolute Gasteiger partial charge is 1.00 e. The molecule has 0 unspecified atom stereocenters. The first-order valence-electron chi connectivity index (χ1n) is 15.9. The molecule has 25 heteroatoms. The molecule has 0 radical (unpaired) electrons. The summed E-state index contributed by atoms with van der Waals surface area (Å²) in [6.45, 7) is 0.989. The van der Waals surface area contributed by atoms with Gasteiger partial charge in [0.1, 0.15) is 53.2 Å². The van der Waals surface area contributed by atoms with Gasteiger partial charge >= 0.3 is 88.7 Å². The van der Waals surface area contributed by atoms with Crippen LogP contribution in [-0.4, -0.2) is 61.3 Å². The summed E-state index contributed by atoms with van der Waals surface area (Å²) in [6, 6.07) is 15.5. The molecule has 7 N–H and O–H groups in total. The Morgan fingerprint density at radius 1 is 0.583 bits per heavy atom. The van der Waals surface area contributed by atoms with Crippen LogP contribution in [0.3, 0.4) is 0 Å². The zero-order chi connectivity index (χ0) is 41.8. The van der Waals surface area contributed by atoms with Crippen LogP contribution < -0.4 is 105 Å². The molecule has 0 saturated heterocycles. The molecule has 60 heavy (non-hydrogen) atoms. The number of phenols is 2. The van der Waals surface area contributed by atoms with E-state index in [1.54, 1.807) is 24.3 Å². The number of nitrogens with zero attached hydrogens (tertiary/aromatic N) is 4. The molecule has 0 heterocycles. The van der Waals surface area contributed by atoms with E-state index in [0.717, 1.165) is 18.2 Å². The molecule has 0 aromatic heterocycles. The van der Waals surface area contributed by atoms with Crippen molar-refractivity contribution >= 4 is 86.0 Å². The Morgan fingerprint density at radius 2 is 1.00 bits per heavy atom. The topological polar surface area (TPSA) is 343 Å². The van der Waals surface area contributed by atoms with Gasteiger partial charge in [0.05, 0.1) is 50.6 Å². The minimum Gasteiger partial charge on any atom is -0.744 e. The molecule has 0 spiro atoms. The SMILES string of the molecule is COc1cc(-c2ccc(N=Nc3ccc4c(S(=O)(=O)[O-])cc(C)c(N)c4c3O)c(CO)c2)ccc1N=Nc1ccc2c(S(=O)(=O)[O-])cc(S(=O)(=O)[O-])c(N)c2c1O.[Na+].[Na+].[Na+]. The number of aliphatic hydroxyl groups excluding tert-OH is 1. The minimum absolute atomic E-state index is 0. The number of nitrogen functional groups attached to an aromatic ring is 2. The minimum atomic E-state index is -5.39. The van der Waals surface area contributed by atoms with Crippen LogP contribution in [0.15, 0.2) is 108 Å². The van der Waals surface area contributed by atoms with E-state index in [0.29, 0.717) is 22.8 Å². The fourth-order valence-corrected chi connectivity index (χ4v) is 8.16. The number of fused-ring (bicyclic) bond motifs is 2. The smallest absolute Gasteiger partial charge is 0.744 e. The van der Waals surface area contributed by atoms with Crippen molar-refractivity contribution in [3.8, 4) is 28.4 Å². The predicted molar refractivity (Wildman–Crippen MR) is 201 cm³/mol. The molecule has 6 aromatic rings. The Hall–Kier alpha value is -3.27. The zero-order valence-corrected chi connectivity index (χ0v) is 40.7. The Balaban J connectivity index is 0.00000320. The Kier molecular flexibility index (Phi) is 16.5. The summed E-state index contributed by atoms with van der Waals surface area (Å²) < 4.78 is 112. The number of hydrogen-bond donors (Lipinski definition) is 5. The van der Waals surface area contributed by atoms with E-state index < -0.39 is 79.6 Å². The number of rotatable bonds is 10. The van der Waals surface area contributed by atoms with E-state index in [1.165, 1.54) is 38.3 Å². The summed E-state index contributed by atoms with van der Waals surface area (Å²) in [6.07, 6.45) is 0. The molecule has 0 bridgehead atoms. The van der Waals surface area contributed by atoms with Crippen LogP contribution in [0.5, 0.6) is 17.2 Å². The van der Waals surface area contributed by atoms with Crippen molar-refractivity contribution < 1.29 is 148 Å². The van der Waals surface area contributed by atoms with Crippen LogP contribution in [0, 0.1) is 6.92 Å². The third kappa shape index (κ3) is 10.2. The summed E-state index contributed by atoms with van der Waals surface area (Å²) >= 11 is 0. The first-order chi connectivity index (χ1) is 26.6. The Bertz CT molecular complexity index is 3100. The average molecular weight is 905 g/mol. The summed E-state index contributed by atoms with van der Waals surface area (Å²) in [5.41, 5.74) is 12.7. The summed E-state index contributed by atoms with van der Waals surface area (Å²) in [5, 5.41) is 47.1. The Morgan fingerprint density at radius 3 is 1.48 bits per heavy atom. The third-order valence-corrected chi connectivity index (χ3v) is 11.4. The molecule has 0 saturated carbocycles. The summed E-state index contributed by atoms with van der Waals surface area (Å²) in [4.78, 5) is -2.88. The predicted octanol–water partition coefficient (Wildman–Crippen LogP) is -3.40. The maximum absolute atomic E-state index is 11.9. The molecule has 6 rings (SSSR count). The second kappa shape index (κ2) is 19.4. The number of nitrogens with two attached hydrogens (primary N) is 2. The van der Waals surface area contributed by atoms with Gasteiger partial charge in [-0.25, -0.2) is 25.3 Å². The number of aryl methyl sites for hydroxylation is 1. The van der Waals surface area contributed by atoms with Crippen molar-refractivity contribution in [3.63, 3.8) is 0 Å². The molecular formula is C35H27N6Na3O13S3. The van der Waals surface area contributed by atoms with Crippen molar-refractivity contribution in [2.24, 2.45) is 20.5 Å². The van der Waals surface area contributed by atoms with E-state index in [1.807, 2.05) is 0 Å². The summed E-state index contributed by atoms with van der Waals surface area (Å²) in [7, 11) is -14.3. The molecule has 0 aliphatic carbocycles. The van der Waals surface area contributed by atoms with Crippen molar-refractivity contribution in [3.05, 3.63) is 83.9 Å². The van der Waals surface area contributed by atoms with Crippen molar-refractivity contribution in [1.29, 1.82) is 0 Å². The molecule has 0 aliphatic rings. The summed E-state index contributed by atoms with van der Waals surface area (Å²) in [5.74, 6) is -1.21. The molecule has 0 amide bonds. The van der Waals surface area contributed by atoms with Crippen LogP contribution in [0.4, 0.5) is 34.1 Å². The van der Waals surface area contributed by atoms with Crippen LogP contribution in [0.2, 0.25) is 0 Å². The first-order valence-corrected chi connectivity index (χ1v) is 20.1. The maximum Gasteiger partial charge on any atom is 1.00 e. The van der Waals surface area contributed by atoms with Gasteiger partial charge in [-0.1, -0.05) is 24.3 Å². The van der Waals surface area contributed by atoms with Crippen molar-refractivity contribution in [2.75, 3.05) is 18.6 Å². The van der Waals surface area contributed by atoms with Crippen LogP contribution in [0.25, 0.3) is 32.7 Å². The number of hydrogen-bond acceptors (Lipinski definition) is 19. The molecule has 0 atom stereocenters. The third-order valence-electron chi connectivity index (χ3n) is 8.78. The van der Waals surface area contributed by atoms with Gasteiger partial charge < -0.3 is 45.2 Å². The number of ether oxygens (including phenoxy) is 1. The van der Waals surface area contributed by atoms with Crippen LogP contribution in [0.1, 0.15) is 11.1 Å². The molecule has 0 aliphatic heterocycles.